The molecule has 1 N–H and O–H groups in total. The number of para-hydroxylation sites is 2. The minimum Gasteiger partial charge on any atom is -0.491 e. The van der Waals surface area contributed by atoms with Crippen LogP contribution < -0.4 is 27.5 Å². The van der Waals surface area contributed by atoms with E-state index >= 15 is 0 Å². The number of hydrogen-bond donors (Lipinski definition) is 1. The SMILES string of the molecule is O=c1n(-c2ccccc2)c(=O)n2n1CC=C1[C@H]2Cn2c(=O)n(-c3ccccc3)c(=O)n2[C@H]1c1ccc(OCCO)cc1. The smallest absolute Gasteiger partial charge is 0.352 e. The van der Waals surface area contributed by atoms with Gasteiger partial charge in [-0.2, -0.15) is 0 Å². The number of benzene rings is 3. The van der Waals surface area contributed by atoms with Crippen molar-refractivity contribution in [3.63, 3.8) is 0 Å². The van der Waals surface area contributed by atoms with E-state index in [9.17, 15) is 19.2 Å². The van der Waals surface area contributed by atoms with E-state index in [-0.39, 0.29) is 26.3 Å². The topological polar surface area (TPSA) is 127 Å². The van der Waals surface area contributed by atoms with Crippen LogP contribution in [0.2, 0.25) is 0 Å². The largest absolute Gasteiger partial charge is 0.491 e. The van der Waals surface area contributed by atoms with Crippen molar-refractivity contribution < 1.29 is 9.84 Å². The van der Waals surface area contributed by atoms with Gasteiger partial charge in [0.1, 0.15) is 18.4 Å². The van der Waals surface area contributed by atoms with Crippen LogP contribution in [-0.4, -0.2) is 46.2 Å². The van der Waals surface area contributed by atoms with Crippen LogP contribution in [0.4, 0.5) is 0 Å². The van der Waals surface area contributed by atoms with Gasteiger partial charge in [0, 0.05) is 0 Å². The highest BCUT2D eigenvalue weighted by molar-refractivity contribution is 5.38. The van der Waals surface area contributed by atoms with Crippen LogP contribution in [0.5, 0.6) is 5.75 Å². The molecule has 12 nitrogen and oxygen atoms in total. The van der Waals surface area contributed by atoms with Gasteiger partial charge in [-0.3, -0.25) is 0 Å². The Morgan fingerprint density at radius 2 is 1.26 bits per heavy atom. The number of hydrogen-bond acceptors (Lipinski definition) is 6. The first kappa shape index (κ1) is 25.6. The van der Waals surface area contributed by atoms with Gasteiger partial charge >= 0.3 is 22.8 Å². The van der Waals surface area contributed by atoms with E-state index in [1.54, 1.807) is 84.9 Å². The van der Waals surface area contributed by atoms with E-state index in [1.165, 1.54) is 18.7 Å². The second kappa shape index (κ2) is 9.93. The van der Waals surface area contributed by atoms with Gasteiger partial charge < -0.3 is 9.84 Å². The molecular formula is C30H26N6O6. The lowest BCUT2D eigenvalue weighted by molar-refractivity contribution is 0.201. The zero-order valence-electron chi connectivity index (χ0n) is 22.3. The van der Waals surface area contributed by atoms with Crippen LogP contribution in [0, 0.1) is 0 Å². The number of allylic oxidation sites excluding steroid dienone is 2. The fraction of sp³-hybridized carbons (Fsp3) is 0.200. The van der Waals surface area contributed by atoms with Gasteiger partial charge in [-0.25, -0.2) is 47.0 Å². The Kier molecular flexibility index (Phi) is 6.05. The fourth-order valence-corrected chi connectivity index (χ4v) is 5.96. The van der Waals surface area contributed by atoms with Crippen LogP contribution in [0.3, 0.4) is 0 Å². The summed E-state index contributed by atoms with van der Waals surface area (Å²) >= 11 is 0. The molecule has 0 amide bonds. The minimum atomic E-state index is -0.739. The number of fused-ring (bicyclic) bond motifs is 4. The Bertz CT molecular complexity index is 2060. The second-order valence-electron chi connectivity index (χ2n) is 10.1. The summed E-state index contributed by atoms with van der Waals surface area (Å²) < 4.78 is 13.3. The molecule has 2 aliphatic heterocycles. The van der Waals surface area contributed by atoms with Crippen LogP contribution in [0.15, 0.2) is 116 Å². The van der Waals surface area contributed by atoms with Crippen LogP contribution in [0.1, 0.15) is 17.6 Å². The zero-order chi connectivity index (χ0) is 29.0. The predicted octanol–water partition coefficient (Wildman–Crippen LogP) is 1.07. The third-order valence-corrected chi connectivity index (χ3v) is 7.79. The first-order chi connectivity index (χ1) is 20.5. The lowest BCUT2D eigenvalue weighted by Crippen LogP contribution is -2.46. The quantitative estimate of drug-likeness (QED) is 0.307. The monoisotopic (exact) mass is 566 g/mol. The maximum atomic E-state index is 14.0. The first-order valence-corrected chi connectivity index (χ1v) is 13.5. The van der Waals surface area contributed by atoms with Crippen LogP contribution in [0.25, 0.3) is 11.4 Å². The van der Waals surface area contributed by atoms with Crippen LogP contribution in [-0.2, 0) is 13.1 Å². The number of ether oxygens (including phenoxy) is 1. The highest BCUT2D eigenvalue weighted by Gasteiger charge is 2.41. The van der Waals surface area contributed by atoms with E-state index in [0.717, 1.165) is 14.7 Å². The van der Waals surface area contributed by atoms with E-state index < -0.39 is 34.8 Å². The van der Waals surface area contributed by atoms with Crippen molar-refractivity contribution in [2.45, 2.75) is 25.2 Å². The van der Waals surface area contributed by atoms with Gasteiger partial charge in [0.15, 0.2) is 0 Å². The maximum Gasteiger partial charge on any atom is 0.352 e. The molecule has 0 fully saturated rings. The standard InChI is InChI=1S/C30H26N6O6/c37-17-18-42-23-13-11-20(12-14-23)26-24-15-16-31-27(38)33(21-7-3-1-4-8-21)29(40)35(31)25(24)19-32-28(39)34(30(41)36(26)32)22-9-5-2-6-10-22/h1-15,25-26,37H,16-19H2/t25-,26+/m1/s1. The molecule has 2 aromatic heterocycles. The van der Waals surface area contributed by atoms with E-state index in [1.807, 2.05) is 6.08 Å². The molecule has 0 unspecified atom stereocenters. The van der Waals surface area contributed by atoms with Gasteiger partial charge in [0.25, 0.3) is 0 Å². The van der Waals surface area contributed by atoms with Gasteiger partial charge in [0.2, 0.25) is 0 Å². The molecule has 212 valence electrons. The number of aromatic nitrogens is 6. The molecule has 0 spiro atoms. The third kappa shape index (κ3) is 3.79. The average Bonchev–Trinajstić information content (AvgIpc) is 3.43. The third-order valence-electron chi connectivity index (χ3n) is 7.79. The second-order valence-corrected chi connectivity index (χ2v) is 10.1. The van der Waals surface area contributed by atoms with Gasteiger partial charge in [-0.1, -0.05) is 54.6 Å². The Balaban J connectivity index is 1.44. The number of nitrogens with zero attached hydrogens (tertiary/aromatic N) is 6. The van der Waals surface area contributed by atoms with Crippen molar-refractivity contribution in [2.24, 2.45) is 0 Å². The molecular weight excluding hydrogens is 540 g/mol. The summed E-state index contributed by atoms with van der Waals surface area (Å²) in [4.78, 5) is 55.1. The summed E-state index contributed by atoms with van der Waals surface area (Å²) in [6.45, 7) is 0.0961. The molecule has 2 aliphatic rings. The van der Waals surface area contributed by atoms with Crippen molar-refractivity contribution >= 4 is 0 Å². The Morgan fingerprint density at radius 1 is 0.690 bits per heavy atom. The molecule has 42 heavy (non-hydrogen) atoms. The molecule has 0 aliphatic carbocycles. The van der Waals surface area contributed by atoms with E-state index in [4.69, 9.17) is 9.84 Å². The zero-order valence-corrected chi connectivity index (χ0v) is 22.3. The molecule has 0 radical (unpaired) electrons. The molecule has 0 saturated carbocycles. The van der Waals surface area contributed by atoms with E-state index in [2.05, 4.69) is 0 Å². The Morgan fingerprint density at radius 3 is 1.86 bits per heavy atom. The summed E-state index contributed by atoms with van der Waals surface area (Å²) in [6.07, 6.45) is 1.86. The fourth-order valence-electron chi connectivity index (χ4n) is 5.96. The Labute approximate surface area is 237 Å². The highest BCUT2D eigenvalue weighted by atomic mass is 16.5. The summed E-state index contributed by atoms with van der Waals surface area (Å²) in [5, 5.41) is 9.11. The average molecular weight is 567 g/mol. The van der Waals surface area contributed by atoms with Crippen molar-refractivity contribution in [1.82, 2.24) is 27.9 Å². The summed E-state index contributed by atoms with van der Waals surface area (Å²) in [5.74, 6) is 0.536. The van der Waals surface area contributed by atoms with Crippen molar-refractivity contribution in [2.75, 3.05) is 13.2 Å². The maximum absolute atomic E-state index is 14.0. The predicted molar refractivity (Wildman–Crippen MR) is 153 cm³/mol. The molecule has 4 heterocycles. The van der Waals surface area contributed by atoms with Gasteiger partial charge in [-0.05, 0) is 47.5 Å². The van der Waals surface area contributed by atoms with Crippen molar-refractivity contribution in [1.29, 1.82) is 0 Å². The van der Waals surface area contributed by atoms with Gasteiger partial charge in [-0.15, -0.1) is 0 Å². The molecule has 12 heteroatoms. The summed E-state index contributed by atoms with van der Waals surface area (Å²) in [7, 11) is 0. The molecule has 7 rings (SSSR count). The Hall–Kier alpha value is -5.36. The van der Waals surface area contributed by atoms with Crippen molar-refractivity contribution in [3.05, 3.63) is 144 Å². The van der Waals surface area contributed by atoms with Crippen molar-refractivity contribution in [3.8, 4) is 17.1 Å². The van der Waals surface area contributed by atoms with Gasteiger partial charge in [0.05, 0.1) is 37.1 Å². The van der Waals surface area contributed by atoms with Crippen LogP contribution >= 0.6 is 0 Å². The number of aliphatic hydroxyl groups excluding tert-OH is 1. The first-order valence-electron chi connectivity index (χ1n) is 13.5. The minimum absolute atomic E-state index is 0.0217. The summed E-state index contributed by atoms with van der Waals surface area (Å²) in [5.41, 5.74) is 0.198. The number of rotatable bonds is 6. The molecule has 2 atom stereocenters. The summed E-state index contributed by atoms with van der Waals surface area (Å²) in [6, 6.07) is 23.0. The molecule has 0 bridgehead atoms. The lowest BCUT2D eigenvalue weighted by Gasteiger charge is -2.37. The lowest BCUT2D eigenvalue weighted by atomic mass is 9.90. The normalized spacial score (nSPS) is 17.2. The molecule has 0 saturated heterocycles. The molecule has 5 aromatic rings. The van der Waals surface area contributed by atoms with E-state index in [0.29, 0.717) is 22.7 Å². The highest BCUT2D eigenvalue weighted by Crippen LogP contribution is 2.39. The number of aliphatic hydroxyl groups is 1. The molecule has 3 aromatic carbocycles.